The summed E-state index contributed by atoms with van der Waals surface area (Å²) in [5.74, 6) is 1.01. The molecule has 0 radical (unpaired) electrons. The van der Waals surface area contributed by atoms with Crippen LogP contribution < -0.4 is 10.5 Å². The molecule has 21 heavy (non-hydrogen) atoms. The van der Waals surface area contributed by atoms with Crippen molar-refractivity contribution in [3.05, 3.63) is 30.0 Å². The highest BCUT2D eigenvalue weighted by molar-refractivity contribution is 7.80. The van der Waals surface area contributed by atoms with Crippen molar-refractivity contribution in [3.8, 4) is 5.75 Å². The molecule has 112 valence electrons. The Kier molecular flexibility index (Phi) is 4.80. The summed E-state index contributed by atoms with van der Waals surface area (Å²) in [6, 6.07) is 7.48. The number of carbonyl (C=O) groups excluding carboxylic acids is 1. The molecular formula is C15H18N2O3S. The Hall–Kier alpha value is -2.08. The molecule has 0 fully saturated rings. The van der Waals surface area contributed by atoms with Gasteiger partial charge in [-0.3, -0.25) is 4.79 Å². The number of fused-ring (bicyclic) bond motifs is 1. The van der Waals surface area contributed by atoms with Gasteiger partial charge in [0.2, 0.25) is 11.7 Å². The van der Waals surface area contributed by atoms with Crippen molar-refractivity contribution in [3.63, 3.8) is 0 Å². The third kappa shape index (κ3) is 3.52. The van der Waals surface area contributed by atoms with Gasteiger partial charge < -0.3 is 19.8 Å². The van der Waals surface area contributed by atoms with Crippen molar-refractivity contribution in [2.45, 2.75) is 12.8 Å². The SMILES string of the molecule is CN(C)C(=O)CCCOc1c(C(N)=S)oc2ccccc12. The molecule has 1 heterocycles. The maximum Gasteiger partial charge on any atom is 0.222 e. The molecule has 1 amide bonds. The van der Waals surface area contributed by atoms with E-state index in [1.807, 2.05) is 24.3 Å². The zero-order valence-electron chi connectivity index (χ0n) is 12.1. The topological polar surface area (TPSA) is 68.7 Å². The number of hydrogen-bond donors (Lipinski definition) is 1. The minimum absolute atomic E-state index is 0.0743. The van der Waals surface area contributed by atoms with Gasteiger partial charge in [-0.25, -0.2) is 0 Å². The molecule has 6 heteroatoms. The summed E-state index contributed by atoms with van der Waals surface area (Å²) in [5.41, 5.74) is 6.35. The largest absolute Gasteiger partial charge is 0.489 e. The van der Waals surface area contributed by atoms with Gasteiger partial charge >= 0.3 is 0 Å². The van der Waals surface area contributed by atoms with E-state index in [1.54, 1.807) is 19.0 Å². The first kappa shape index (κ1) is 15.3. The first-order chi connectivity index (χ1) is 10.0. The Morgan fingerprint density at radius 1 is 1.38 bits per heavy atom. The summed E-state index contributed by atoms with van der Waals surface area (Å²) in [5, 5.41) is 0.833. The van der Waals surface area contributed by atoms with Crippen LogP contribution in [0.25, 0.3) is 11.0 Å². The first-order valence-corrected chi connectivity index (χ1v) is 7.06. The van der Waals surface area contributed by atoms with Gasteiger partial charge in [-0.15, -0.1) is 0 Å². The lowest BCUT2D eigenvalue weighted by atomic mass is 10.2. The van der Waals surface area contributed by atoms with Crippen LogP contribution in [0.4, 0.5) is 0 Å². The van der Waals surface area contributed by atoms with E-state index in [0.29, 0.717) is 36.5 Å². The third-order valence-electron chi connectivity index (χ3n) is 3.05. The minimum atomic E-state index is 0.0743. The van der Waals surface area contributed by atoms with Gasteiger partial charge in [0.25, 0.3) is 0 Å². The van der Waals surface area contributed by atoms with Gasteiger partial charge in [0.15, 0.2) is 5.75 Å². The molecule has 0 bridgehead atoms. The predicted octanol–water partition coefficient (Wildman–Crippen LogP) is 2.31. The number of nitrogens with two attached hydrogens (primary N) is 1. The fourth-order valence-corrected chi connectivity index (χ4v) is 2.08. The molecule has 0 aliphatic carbocycles. The molecule has 0 spiro atoms. The molecule has 2 N–H and O–H groups in total. The molecule has 0 aliphatic rings. The Labute approximate surface area is 128 Å². The van der Waals surface area contributed by atoms with Gasteiger partial charge in [0.1, 0.15) is 10.6 Å². The number of amides is 1. The van der Waals surface area contributed by atoms with Crippen LogP contribution in [0, 0.1) is 0 Å². The van der Waals surface area contributed by atoms with Crippen LogP contribution >= 0.6 is 12.2 Å². The van der Waals surface area contributed by atoms with Crippen molar-refractivity contribution in [2.24, 2.45) is 5.73 Å². The van der Waals surface area contributed by atoms with Gasteiger partial charge in [-0.1, -0.05) is 24.4 Å². The number of thiocarbonyl (C=S) groups is 1. The Morgan fingerprint density at radius 3 is 2.76 bits per heavy atom. The average molecular weight is 306 g/mol. The quantitative estimate of drug-likeness (QED) is 0.655. The van der Waals surface area contributed by atoms with Crippen LogP contribution in [0.5, 0.6) is 5.75 Å². The van der Waals surface area contributed by atoms with Crippen LogP contribution in [-0.4, -0.2) is 36.5 Å². The number of furan rings is 1. The normalized spacial score (nSPS) is 10.6. The second-order valence-corrected chi connectivity index (χ2v) is 5.30. The molecule has 0 unspecified atom stereocenters. The van der Waals surface area contributed by atoms with Gasteiger partial charge in [-0.2, -0.15) is 0 Å². The zero-order chi connectivity index (χ0) is 15.4. The predicted molar refractivity (Wildman–Crippen MR) is 85.5 cm³/mol. The highest BCUT2D eigenvalue weighted by atomic mass is 32.1. The molecular weight excluding hydrogens is 288 g/mol. The third-order valence-corrected chi connectivity index (χ3v) is 3.24. The van der Waals surface area contributed by atoms with E-state index in [2.05, 4.69) is 0 Å². The fourth-order valence-electron chi connectivity index (χ4n) is 1.95. The van der Waals surface area contributed by atoms with Crippen molar-refractivity contribution < 1.29 is 13.9 Å². The highest BCUT2D eigenvalue weighted by Gasteiger charge is 2.17. The van der Waals surface area contributed by atoms with Gasteiger partial charge in [0, 0.05) is 20.5 Å². The molecule has 5 nitrogen and oxygen atoms in total. The lowest BCUT2D eigenvalue weighted by Gasteiger charge is -2.10. The number of benzene rings is 1. The molecule has 0 saturated carbocycles. The van der Waals surface area contributed by atoms with E-state index >= 15 is 0 Å². The van der Waals surface area contributed by atoms with E-state index in [0.717, 1.165) is 5.39 Å². The molecule has 0 aliphatic heterocycles. The summed E-state index contributed by atoms with van der Waals surface area (Å²) in [6.07, 6.45) is 1.05. The molecule has 1 aromatic heterocycles. The van der Waals surface area contributed by atoms with Crippen LogP contribution in [0.1, 0.15) is 18.6 Å². The summed E-state index contributed by atoms with van der Waals surface area (Å²) in [7, 11) is 3.47. The molecule has 2 rings (SSSR count). The second-order valence-electron chi connectivity index (χ2n) is 4.86. The monoisotopic (exact) mass is 306 g/mol. The minimum Gasteiger partial charge on any atom is -0.489 e. The number of hydrogen-bond acceptors (Lipinski definition) is 4. The summed E-state index contributed by atoms with van der Waals surface area (Å²) >= 11 is 4.99. The van der Waals surface area contributed by atoms with Crippen molar-refractivity contribution >= 4 is 34.1 Å². The maximum absolute atomic E-state index is 11.5. The first-order valence-electron chi connectivity index (χ1n) is 6.65. The molecule has 1 aromatic carbocycles. The molecule has 0 atom stereocenters. The zero-order valence-corrected chi connectivity index (χ0v) is 12.9. The van der Waals surface area contributed by atoms with Crippen LogP contribution in [0.2, 0.25) is 0 Å². The van der Waals surface area contributed by atoms with E-state index in [-0.39, 0.29) is 10.9 Å². The van der Waals surface area contributed by atoms with E-state index in [9.17, 15) is 4.79 Å². The highest BCUT2D eigenvalue weighted by Crippen LogP contribution is 2.33. The fraction of sp³-hybridized carbons (Fsp3) is 0.333. The maximum atomic E-state index is 11.5. The lowest BCUT2D eigenvalue weighted by Crippen LogP contribution is -2.21. The molecule has 2 aromatic rings. The van der Waals surface area contributed by atoms with Crippen LogP contribution in [0.3, 0.4) is 0 Å². The average Bonchev–Trinajstić information content (AvgIpc) is 2.82. The molecule has 0 saturated heterocycles. The van der Waals surface area contributed by atoms with Gasteiger partial charge in [-0.05, 0) is 18.6 Å². The Bertz CT molecular complexity index is 664. The van der Waals surface area contributed by atoms with Crippen LogP contribution in [-0.2, 0) is 4.79 Å². The van der Waals surface area contributed by atoms with E-state index < -0.39 is 0 Å². The van der Waals surface area contributed by atoms with Crippen LogP contribution in [0.15, 0.2) is 28.7 Å². The summed E-state index contributed by atoms with van der Waals surface area (Å²) in [4.78, 5) is 13.2. The lowest BCUT2D eigenvalue weighted by molar-refractivity contribution is -0.128. The van der Waals surface area contributed by atoms with Crippen molar-refractivity contribution in [1.29, 1.82) is 0 Å². The van der Waals surface area contributed by atoms with E-state index in [1.165, 1.54) is 0 Å². The number of nitrogens with zero attached hydrogens (tertiary/aromatic N) is 1. The summed E-state index contributed by atoms with van der Waals surface area (Å²) in [6.45, 7) is 0.402. The Balaban J connectivity index is 2.09. The smallest absolute Gasteiger partial charge is 0.222 e. The van der Waals surface area contributed by atoms with Crippen molar-refractivity contribution in [2.75, 3.05) is 20.7 Å². The number of carbonyl (C=O) groups is 1. The Morgan fingerprint density at radius 2 is 2.10 bits per heavy atom. The standard InChI is InChI=1S/C15H18N2O3S/c1-17(2)12(18)8-5-9-19-13-10-6-3-4-7-11(10)20-14(13)15(16)21/h3-4,6-7H,5,8-9H2,1-2H3,(H2,16,21). The number of ether oxygens (including phenoxy) is 1. The summed E-state index contributed by atoms with van der Waals surface area (Å²) < 4.78 is 11.4. The van der Waals surface area contributed by atoms with Gasteiger partial charge in [0.05, 0.1) is 12.0 Å². The van der Waals surface area contributed by atoms with Crippen molar-refractivity contribution in [1.82, 2.24) is 4.90 Å². The number of rotatable bonds is 6. The van der Waals surface area contributed by atoms with E-state index in [4.69, 9.17) is 27.1 Å². The second kappa shape index (κ2) is 6.58. The number of para-hydroxylation sites is 1.